The Morgan fingerprint density at radius 1 is 0.952 bits per heavy atom. The lowest BCUT2D eigenvalue weighted by Gasteiger charge is -2.12. The second kappa shape index (κ2) is 5.37. The third-order valence-electron chi connectivity index (χ3n) is 3.60. The van der Waals surface area contributed by atoms with Crippen molar-refractivity contribution in [3.63, 3.8) is 0 Å². The molecule has 3 rings (SSSR count). The minimum Gasteiger partial charge on any atom is -0.267 e. The normalized spacial score (nSPS) is 17.0. The topological polar surface area (TPSA) is 32.7 Å². The average molecular weight is 276 g/mol. The smallest absolute Gasteiger partial charge is 0.267 e. The summed E-state index contributed by atoms with van der Waals surface area (Å²) >= 11 is 0. The fraction of sp³-hybridized carbons (Fsp3) is 0.111. The lowest BCUT2D eigenvalue weighted by atomic mass is 9.98. The quantitative estimate of drug-likeness (QED) is 0.766. The van der Waals surface area contributed by atoms with E-state index in [2.05, 4.69) is 5.10 Å². The van der Waals surface area contributed by atoms with Gasteiger partial charge in [0.1, 0.15) is 0 Å². The molecule has 0 N–H and O–H groups in total. The van der Waals surface area contributed by atoms with Crippen molar-refractivity contribution in [1.82, 2.24) is 0 Å². The molecule has 0 atom stereocenters. The van der Waals surface area contributed by atoms with Crippen LogP contribution in [0.3, 0.4) is 0 Å². The van der Waals surface area contributed by atoms with Crippen molar-refractivity contribution in [2.45, 2.75) is 13.8 Å². The highest BCUT2D eigenvalue weighted by Crippen LogP contribution is 2.28. The molecule has 3 heteroatoms. The summed E-state index contributed by atoms with van der Waals surface area (Å²) < 4.78 is 0. The van der Waals surface area contributed by atoms with E-state index in [1.807, 2.05) is 74.5 Å². The Bertz CT molecular complexity index is 730. The molecule has 0 aromatic heterocycles. The molecule has 0 saturated heterocycles. The second-order valence-electron chi connectivity index (χ2n) is 5.00. The number of anilines is 1. The first-order valence-electron chi connectivity index (χ1n) is 6.90. The largest absolute Gasteiger partial charge is 0.280 e. The predicted octanol–water partition coefficient (Wildman–Crippen LogP) is 3.88. The fourth-order valence-electron chi connectivity index (χ4n) is 2.51. The van der Waals surface area contributed by atoms with Gasteiger partial charge in [0.25, 0.3) is 5.91 Å². The van der Waals surface area contributed by atoms with E-state index in [1.165, 1.54) is 5.01 Å². The number of amides is 1. The highest BCUT2D eigenvalue weighted by molar-refractivity contribution is 6.33. The van der Waals surface area contributed by atoms with E-state index in [0.29, 0.717) is 5.57 Å². The van der Waals surface area contributed by atoms with Crippen LogP contribution in [-0.2, 0) is 4.79 Å². The van der Waals surface area contributed by atoms with Crippen LogP contribution in [0.2, 0.25) is 0 Å². The Kier molecular flexibility index (Phi) is 3.40. The van der Waals surface area contributed by atoms with Crippen molar-refractivity contribution in [2.24, 2.45) is 5.10 Å². The van der Waals surface area contributed by atoms with Crippen molar-refractivity contribution in [3.8, 4) is 0 Å². The summed E-state index contributed by atoms with van der Waals surface area (Å²) in [6.07, 6.45) is 0. The van der Waals surface area contributed by atoms with Crippen molar-refractivity contribution < 1.29 is 4.79 Å². The summed E-state index contributed by atoms with van der Waals surface area (Å²) in [5.74, 6) is -0.0694. The van der Waals surface area contributed by atoms with Crippen molar-refractivity contribution >= 4 is 22.9 Å². The Morgan fingerprint density at radius 3 is 2.14 bits per heavy atom. The number of rotatable bonds is 2. The molecule has 1 aliphatic heterocycles. The maximum atomic E-state index is 12.7. The van der Waals surface area contributed by atoms with Gasteiger partial charge in [0.15, 0.2) is 0 Å². The highest BCUT2D eigenvalue weighted by Gasteiger charge is 2.30. The monoisotopic (exact) mass is 276 g/mol. The van der Waals surface area contributed by atoms with Crippen LogP contribution in [0.5, 0.6) is 0 Å². The number of carbonyl (C=O) groups excluding carboxylic acids is 1. The van der Waals surface area contributed by atoms with Gasteiger partial charge < -0.3 is 0 Å². The molecular formula is C18H16N2O. The van der Waals surface area contributed by atoms with E-state index >= 15 is 0 Å². The van der Waals surface area contributed by atoms with Crippen LogP contribution in [-0.4, -0.2) is 11.6 Å². The number of benzene rings is 2. The molecule has 3 nitrogen and oxygen atoms in total. The number of carbonyl (C=O) groups is 1. The van der Waals surface area contributed by atoms with Crippen molar-refractivity contribution in [3.05, 3.63) is 71.8 Å². The zero-order valence-corrected chi connectivity index (χ0v) is 12.1. The molecule has 2 aromatic rings. The third kappa shape index (κ3) is 2.38. The molecule has 0 unspecified atom stereocenters. The molecule has 0 bridgehead atoms. The predicted molar refractivity (Wildman–Crippen MR) is 86.1 cm³/mol. The second-order valence-corrected chi connectivity index (χ2v) is 5.00. The minimum absolute atomic E-state index is 0.0694. The summed E-state index contributed by atoms with van der Waals surface area (Å²) in [6.45, 7) is 3.85. The van der Waals surface area contributed by atoms with E-state index < -0.39 is 0 Å². The number of hydrazone groups is 1. The third-order valence-corrected chi connectivity index (χ3v) is 3.60. The molecule has 0 fully saturated rings. The lowest BCUT2D eigenvalue weighted by molar-refractivity contribution is -0.114. The Labute approximate surface area is 124 Å². The minimum atomic E-state index is -0.0694. The Morgan fingerprint density at radius 2 is 1.52 bits per heavy atom. The van der Waals surface area contributed by atoms with E-state index in [9.17, 15) is 4.79 Å². The SMILES string of the molecule is CC1=NN(c2ccccc2)C(=O)/C1=C(\C)c1ccccc1. The number of nitrogens with zero attached hydrogens (tertiary/aromatic N) is 2. The van der Waals surface area contributed by atoms with Gasteiger partial charge >= 0.3 is 0 Å². The summed E-state index contributed by atoms with van der Waals surface area (Å²) in [4.78, 5) is 12.7. The van der Waals surface area contributed by atoms with Gasteiger partial charge in [-0.15, -0.1) is 0 Å². The molecule has 104 valence electrons. The molecule has 1 aliphatic rings. The first-order chi connectivity index (χ1) is 10.2. The molecule has 0 spiro atoms. The van der Waals surface area contributed by atoms with Gasteiger partial charge in [-0.1, -0.05) is 48.5 Å². The van der Waals surface area contributed by atoms with Crippen LogP contribution in [0.4, 0.5) is 5.69 Å². The van der Waals surface area contributed by atoms with Crippen molar-refractivity contribution in [2.75, 3.05) is 5.01 Å². The molecule has 1 heterocycles. The van der Waals surface area contributed by atoms with Gasteiger partial charge in [-0.05, 0) is 37.1 Å². The maximum absolute atomic E-state index is 12.7. The van der Waals surface area contributed by atoms with Crippen LogP contribution in [0.25, 0.3) is 5.57 Å². The van der Waals surface area contributed by atoms with Gasteiger partial charge in [-0.2, -0.15) is 10.1 Å². The van der Waals surface area contributed by atoms with Crippen LogP contribution in [0.15, 0.2) is 71.3 Å². The van der Waals surface area contributed by atoms with Crippen molar-refractivity contribution in [1.29, 1.82) is 0 Å². The molecular weight excluding hydrogens is 260 g/mol. The number of hydrogen-bond donors (Lipinski definition) is 0. The lowest BCUT2D eigenvalue weighted by Crippen LogP contribution is -2.21. The first-order valence-corrected chi connectivity index (χ1v) is 6.90. The van der Waals surface area contributed by atoms with Gasteiger partial charge in [-0.25, -0.2) is 0 Å². The molecule has 21 heavy (non-hydrogen) atoms. The van der Waals surface area contributed by atoms with E-state index in [1.54, 1.807) is 0 Å². The van der Waals surface area contributed by atoms with E-state index in [0.717, 1.165) is 22.5 Å². The number of para-hydroxylation sites is 1. The van der Waals surface area contributed by atoms with Gasteiger partial charge in [0, 0.05) is 0 Å². The zero-order valence-electron chi connectivity index (χ0n) is 12.1. The zero-order chi connectivity index (χ0) is 14.8. The van der Waals surface area contributed by atoms with Crippen LogP contribution in [0, 0.1) is 0 Å². The van der Waals surface area contributed by atoms with E-state index in [4.69, 9.17) is 0 Å². The van der Waals surface area contributed by atoms with Crippen LogP contribution in [0.1, 0.15) is 19.4 Å². The van der Waals surface area contributed by atoms with Crippen LogP contribution >= 0.6 is 0 Å². The fourth-order valence-corrected chi connectivity index (χ4v) is 2.51. The maximum Gasteiger partial charge on any atom is 0.280 e. The summed E-state index contributed by atoms with van der Waals surface area (Å²) in [5, 5.41) is 5.88. The standard InChI is InChI=1S/C18H16N2O/c1-13(15-9-5-3-6-10-15)17-14(2)19-20(18(17)21)16-11-7-4-8-12-16/h3-12H,1-2H3/b17-13+. The summed E-state index contributed by atoms with van der Waals surface area (Å²) in [5.41, 5.74) is 4.23. The Hall–Kier alpha value is -2.68. The number of hydrogen-bond acceptors (Lipinski definition) is 2. The number of allylic oxidation sites excluding steroid dienone is 1. The average Bonchev–Trinajstić information content (AvgIpc) is 2.83. The van der Waals surface area contributed by atoms with Crippen LogP contribution < -0.4 is 5.01 Å². The summed E-state index contributed by atoms with van der Waals surface area (Å²) in [6, 6.07) is 19.4. The molecule has 0 radical (unpaired) electrons. The van der Waals surface area contributed by atoms with Gasteiger partial charge in [0.2, 0.25) is 0 Å². The molecule has 0 aliphatic carbocycles. The summed E-state index contributed by atoms with van der Waals surface area (Å²) in [7, 11) is 0. The molecule has 1 amide bonds. The van der Waals surface area contributed by atoms with Gasteiger partial charge in [-0.3, -0.25) is 4.79 Å². The van der Waals surface area contributed by atoms with Gasteiger partial charge in [0.05, 0.1) is 17.0 Å². The Balaban J connectivity index is 2.04. The first kappa shape index (κ1) is 13.3. The molecule has 2 aromatic carbocycles. The highest BCUT2D eigenvalue weighted by atomic mass is 16.2. The van der Waals surface area contributed by atoms with E-state index in [-0.39, 0.29) is 5.91 Å². The molecule has 0 saturated carbocycles.